The molecule has 1 saturated carbocycles. The first-order valence-electron chi connectivity index (χ1n) is 7.27. The lowest BCUT2D eigenvalue weighted by Crippen LogP contribution is -2.61. The van der Waals surface area contributed by atoms with Gasteiger partial charge in [0.05, 0.1) is 0 Å². The van der Waals surface area contributed by atoms with Crippen LogP contribution in [0.15, 0.2) is 24.3 Å². The molecule has 104 valence electrons. The summed E-state index contributed by atoms with van der Waals surface area (Å²) in [6.45, 7) is 8.04. The minimum absolute atomic E-state index is 0.245. The van der Waals surface area contributed by atoms with Gasteiger partial charge in [-0.1, -0.05) is 12.1 Å². The van der Waals surface area contributed by atoms with Crippen LogP contribution in [0.3, 0.4) is 0 Å². The molecular formula is C16H23IN2. The van der Waals surface area contributed by atoms with E-state index in [1.807, 2.05) is 0 Å². The number of halogens is 1. The molecule has 19 heavy (non-hydrogen) atoms. The minimum atomic E-state index is 0.245. The monoisotopic (exact) mass is 370 g/mol. The van der Waals surface area contributed by atoms with Crippen molar-refractivity contribution < 1.29 is 0 Å². The Kier molecular flexibility index (Phi) is 3.89. The van der Waals surface area contributed by atoms with E-state index in [4.69, 9.17) is 0 Å². The summed E-state index contributed by atoms with van der Waals surface area (Å²) in [5.74, 6) is 0.937. The van der Waals surface area contributed by atoms with E-state index in [9.17, 15) is 0 Å². The van der Waals surface area contributed by atoms with Gasteiger partial charge < -0.3 is 5.32 Å². The molecule has 1 aromatic carbocycles. The van der Waals surface area contributed by atoms with E-state index in [1.165, 1.54) is 22.0 Å². The second kappa shape index (κ2) is 5.34. The Labute approximate surface area is 130 Å². The molecule has 1 atom stereocenters. The quantitative estimate of drug-likeness (QED) is 0.822. The largest absolute Gasteiger partial charge is 0.309 e. The molecule has 2 fully saturated rings. The third-order valence-electron chi connectivity index (χ3n) is 4.32. The van der Waals surface area contributed by atoms with Crippen LogP contribution in [0, 0.1) is 9.49 Å². The fourth-order valence-corrected chi connectivity index (χ4v) is 3.49. The van der Waals surface area contributed by atoms with E-state index in [2.05, 4.69) is 70.9 Å². The lowest BCUT2D eigenvalue weighted by Gasteiger charge is -2.45. The van der Waals surface area contributed by atoms with Crippen molar-refractivity contribution in [3.63, 3.8) is 0 Å². The molecule has 1 aliphatic heterocycles. The van der Waals surface area contributed by atoms with Crippen LogP contribution in [0.25, 0.3) is 0 Å². The second-order valence-corrected chi connectivity index (χ2v) is 7.95. The molecule has 1 heterocycles. The van der Waals surface area contributed by atoms with Gasteiger partial charge in [-0.3, -0.25) is 4.90 Å². The highest BCUT2D eigenvalue weighted by Crippen LogP contribution is 2.37. The summed E-state index contributed by atoms with van der Waals surface area (Å²) in [6, 6.07) is 9.74. The minimum Gasteiger partial charge on any atom is -0.309 e. The molecule has 0 amide bonds. The number of piperazine rings is 1. The molecule has 1 aliphatic carbocycles. The molecule has 2 aliphatic rings. The zero-order valence-electron chi connectivity index (χ0n) is 11.8. The third-order valence-corrected chi connectivity index (χ3v) is 5.04. The Morgan fingerprint density at radius 2 is 1.95 bits per heavy atom. The second-order valence-electron chi connectivity index (χ2n) is 6.70. The van der Waals surface area contributed by atoms with Gasteiger partial charge in [0.25, 0.3) is 0 Å². The van der Waals surface area contributed by atoms with E-state index in [0.29, 0.717) is 0 Å². The van der Waals surface area contributed by atoms with Crippen molar-refractivity contribution >= 4 is 22.6 Å². The average molecular weight is 370 g/mol. The fraction of sp³-hybridized carbons (Fsp3) is 0.625. The summed E-state index contributed by atoms with van der Waals surface area (Å²) in [4.78, 5) is 2.70. The Morgan fingerprint density at radius 3 is 2.58 bits per heavy atom. The summed E-state index contributed by atoms with van der Waals surface area (Å²) in [5, 5.41) is 3.71. The normalized spacial score (nSPS) is 27.4. The van der Waals surface area contributed by atoms with E-state index >= 15 is 0 Å². The van der Waals surface area contributed by atoms with Crippen molar-refractivity contribution in [2.75, 3.05) is 13.1 Å². The van der Waals surface area contributed by atoms with E-state index in [1.54, 1.807) is 0 Å². The smallest absolute Gasteiger partial charge is 0.0253 e. The molecule has 0 spiro atoms. The highest BCUT2D eigenvalue weighted by Gasteiger charge is 2.40. The van der Waals surface area contributed by atoms with E-state index < -0.39 is 0 Å². The van der Waals surface area contributed by atoms with Crippen molar-refractivity contribution in [2.45, 2.75) is 44.8 Å². The molecule has 0 radical (unpaired) electrons. The van der Waals surface area contributed by atoms with Gasteiger partial charge in [0.2, 0.25) is 0 Å². The van der Waals surface area contributed by atoms with Crippen molar-refractivity contribution in [2.24, 2.45) is 5.92 Å². The summed E-state index contributed by atoms with van der Waals surface area (Å²) in [5.41, 5.74) is 1.69. The van der Waals surface area contributed by atoms with Crippen LogP contribution in [-0.4, -0.2) is 29.6 Å². The van der Waals surface area contributed by atoms with Gasteiger partial charge in [0.15, 0.2) is 0 Å². The van der Waals surface area contributed by atoms with Crippen LogP contribution in [0.2, 0.25) is 0 Å². The maximum Gasteiger partial charge on any atom is 0.0253 e. The van der Waals surface area contributed by atoms with E-state index in [0.717, 1.165) is 31.6 Å². The fourth-order valence-electron chi connectivity index (χ4n) is 3.13. The third kappa shape index (κ3) is 3.50. The van der Waals surface area contributed by atoms with Gasteiger partial charge in [0, 0.05) is 34.8 Å². The number of hydrogen-bond donors (Lipinski definition) is 1. The predicted molar refractivity (Wildman–Crippen MR) is 88.2 cm³/mol. The SMILES string of the molecule is CC1(C)CN(Cc2ccc(I)cc2)C(C2CC2)CN1. The Balaban J connectivity index is 1.73. The highest BCUT2D eigenvalue weighted by molar-refractivity contribution is 14.1. The Hall–Kier alpha value is -0.130. The van der Waals surface area contributed by atoms with Gasteiger partial charge in [0.1, 0.15) is 0 Å². The molecular weight excluding hydrogens is 347 g/mol. The van der Waals surface area contributed by atoms with Crippen molar-refractivity contribution in [3.8, 4) is 0 Å². The van der Waals surface area contributed by atoms with Crippen LogP contribution in [0.1, 0.15) is 32.3 Å². The zero-order valence-corrected chi connectivity index (χ0v) is 14.0. The lowest BCUT2D eigenvalue weighted by molar-refractivity contribution is 0.0759. The summed E-state index contributed by atoms with van der Waals surface area (Å²) in [7, 11) is 0. The molecule has 2 nitrogen and oxygen atoms in total. The summed E-state index contributed by atoms with van der Waals surface area (Å²) >= 11 is 2.37. The van der Waals surface area contributed by atoms with Gasteiger partial charge in [-0.2, -0.15) is 0 Å². The highest BCUT2D eigenvalue weighted by atomic mass is 127. The molecule has 0 aromatic heterocycles. The van der Waals surface area contributed by atoms with Crippen LogP contribution in [0.5, 0.6) is 0 Å². The Bertz CT molecular complexity index is 437. The predicted octanol–water partition coefficient (Wildman–Crippen LogP) is 3.25. The Morgan fingerprint density at radius 1 is 1.26 bits per heavy atom. The van der Waals surface area contributed by atoms with Crippen LogP contribution < -0.4 is 5.32 Å². The van der Waals surface area contributed by atoms with Crippen LogP contribution >= 0.6 is 22.6 Å². The van der Waals surface area contributed by atoms with Gasteiger partial charge in [-0.15, -0.1) is 0 Å². The van der Waals surface area contributed by atoms with Gasteiger partial charge >= 0.3 is 0 Å². The first-order chi connectivity index (χ1) is 9.03. The molecule has 1 saturated heterocycles. The zero-order chi connectivity index (χ0) is 13.5. The standard InChI is InChI=1S/C16H23IN2/c1-16(2)11-19(15(9-18-16)13-5-6-13)10-12-3-7-14(17)8-4-12/h3-4,7-8,13,15,18H,5-6,9-11H2,1-2H3. The molecule has 3 heteroatoms. The number of nitrogens with zero attached hydrogens (tertiary/aromatic N) is 1. The van der Waals surface area contributed by atoms with Crippen molar-refractivity contribution in [3.05, 3.63) is 33.4 Å². The molecule has 3 rings (SSSR count). The first kappa shape index (κ1) is 13.8. The number of nitrogens with one attached hydrogen (secondary N) is 1. The van der Waals surface area contributed by atoms with Gasteiger partial charge in [-0.25, -0.2) is 0 Å². The number of benzene rings is 1. The number of rotatable bonds is 3. The first-order valence-corrected chi connectivity index (χ1v) is 8.35. The molecule has 1 N–H and O–H groups in total. The molecule has 1 aromatic rings. The van der Waals surface area contributed by atoms with Gasteiger partial charge in [-0.05, 0) is 72.9 Å². The molecule has 1 unspecified atom stereocenters. The number of hydrogen-bond acceptors (Lipinski definition) is 2. The van der Waals surface area contributed by atoms with Crippen LogP contribution in [-0.2, 0) is 6.54 Å². The molecule has 0 bridgehead atoms. The topological polar surface area (TPSA) is 15.3 Å². The summed E-state index contributed by atoms with van der Waals surface area (Å²) < 4.78 is 1.32. The average Bonchev–Trinajstić information content (AvgIpc) is 3.15. The summed E-state index contributed by atoms with van der Waals surface area (Å²) in [6.07, 6.45) is 2.85. The maximum atomic E-state index is 3.71. The van der Waals surface area contributed by atoms with Crippen molar-refractivity contribution in [1.29, 1.82) is 0 Å². The lowest BCUT2D eigenvalue weighted by atomic mass is 9.96. The maximum absolute atomic E-state index is 3.71. The van der Waals surface area contributed by atoms with Crippen LogP contribution in [0.4, 0.5) is 0 Å². The van der Waals surface area contributed by atoms with Crippen molar-refractivity contribution in [1.82, 2.24) is 10.2 Å². The van der Waals surface area contributed by atoms with E-state index in [-0.39, 0.29) is 5.54 Å².